The quantitative estimate of drug-likeness (QED) is 0.839. The second-order valence-corrected chi connectivity index (χ2v) is 6.43. The van der Waals surface area contributed by atoms with Crippen LogP contribution >= 0.6 is 11.3 Å². The number of hydrogen-bond donors (Lipinski definition) is 2. The Morgan fingerprint density at radius 3 is 2.86 bits per heavy atom. The summed E-state index contributed by atoms with van der Waals surface area (Å²) in [6.07, 6.45) is 3.24. The predicted octanol–water partition coefficient (Wildman–Crippen LogP) is 4.20. The van der Waals surface area contributed by atoms with Crippen LogP contribution in [0.25, 0.3) is 0 Å². The smallest absolute Gasteiger partial charge is 0.251 e. The molecule has 1 aromatic heterocycles. The van der Waals surface area contributed by atoms with Gasteiger partial charge >= 0.3 is 0 Å². The van der Waals surface area contributed by atoms with E-state index in [0.29, 0.717) is 12.1 Å². The van der Waals surface area contributed by atoms with Crippen molar-refractivity contribution in [2.75, 3.05) is 5.32 Å². The molecule has 0 spiro atoms. The minimum Gasteiger partial charge on any atom is -0.377 e. The lowest BCUT2D eigenvalue weighted by molar-refractivity contribution is 0.0951. The van der Waals surface area contributed by atoms with Crippen molar-refractivity contribution in [3.63, 3.8) is 0 Å². The molecule has 0 radical (unpaired) electrons. The first kappa shape index (κ1) is 14.1. The van der Waals surface area contributed by atoms with Gasteiger partial charge in [0.25, 0.3) is 5.91 Å². The lowest BCUT2D eigenvalue weighted by Crippen LogP contribution is -2.25. The molecule has 2 aromatic rings. The predicted molar refractivity (Wildman–Crippen MR) is 87.9 cm³/mol. The van der Waals surface area contributed by atoms with E-state index in [1.807, 2.05) is 24.3 Å². The highest BCUT2D eigenvalue weighted by atomic mass is 32.1. The molecule has 4 heteroatoms. The summed E-state index contributed by atoms with van der Waals surface area (Å²) < 4.78 is 0. The number of rotatable bonds is 6. The normalized spacial score (nSPS) is 15.5. The number of carbonyl (C=O) groups excluding carboxylic acids is 1. The molecule has 0 saturated heterocycles. The van der Waals surface area contributed by atoms with Gasteiger partial charge in [-0.15, -0.1) is 11.3 Å². The molecule has 110 valence electrons. The van der Waals surface area contributed by atoms with Crippen LogP contribution in [0.1, 0.15) is 47.5 Å². The minimum absolute atomic E-state index is 0.0327. The number of anilines is 1. The fourth-order valence-electron chi connectivity index (χ4n) is 2.31. The molecule has 1 heterocycles. The molecule has 1 aliphatic carbocycles. The van der Waals surface area contributed by atoms with Crippen LogP contribution in [0.3, 0.4) is 0 Å². The summed E-state index contributed by atoms with van der Waals surface area (Å²) in [5.74, 6) is 0.0327. The fraction of sp³-hybridized carbons (Fsp3) is 0.353. The maximum absolute atomic E-state index is 12.1. The van der Waals surface area contributed by atoms with Crippen molar-refractivity contribution in [1.82, 2.24) is 5.32 Å². The zero-order valence-electron chi connectivity index (χ0n) is 12.1. The summed E-state index contributed by atoms with van der Waals surface area (Å²) in [4.78, 5) is 13.4. The standard InChI is InChI=1S/C17H20N2OS/c1-2-15(16-7-4-10-21-16)18-14-6-3-5-12(11-14)17(20)19-13-8-9-13/h3-7,10-11,13,15,18H,2,8-9H2,1H3,(H,19,20). The van der Waals surface area contributed by atoms with Gasteiger partial charge in [-0.1, -0.05) is 19.1 Å². The zero-order valence-corrected chi connectivity index (χ0v) is 13.0. The average Bonchev–Trinajstić information content (AvgIpc) is 3.15. The zero-order chi connectivity index (χ0) is 14.7. The van der Waals surface area contributed by atoms with Gasteiger partial charge in [-0.2, -0.15) is 0 Å². The fourth-order valence-corrected chi connectivity index (χ4v) is 3.17. The minimum atomic E-state index is 0.0327. The summed E-state index contributed by atoms with van der Waals surface area (Å²) in [6, 6.07) is 12.7. The van der Waals surface area contributed by atoms with Crippen molar-refractivity contribution in [3.8, 4) is 0 Å². The van der Waals surface area contributed by atoms with Crippen molar-refractivity contribution in [3.05, 3.63) is 52.2 Å². The molecular weight excluding hydrogens is 280 g/mol. The molecule has 1 atom stereocenters. The molecule has 1 fully saturated rings. The summed E-state index contributed by atoms with van der Waals surface area (Å²) >= 11 is 1.76. The van der Waals surface area contributed by atoms with Crippen molar-refractivity contribution in [1.29, 1.82) is 0 Å². The van der Waals surface area contributed by atoms with Gasteiger partial charge < -0.3 is 10.6 Å². The van der Waals surface area contributed by atoms with Crippen molar-refractivity contribution >= 4 is 22.9 Å². The Kier molecular flexibility index (Phi) is 4.25. The van der Waals surface area contributed by atoms with Crippen LogP contribution in [0.15, 0.2) is 41.8 Å². The number of benzene rings is 1. The Hall–Kier alpha value is -1.81. The second kappa shape index (κ2) is 6.31. The molecule has 1 unspecified atom stereocenters. The summed E-state index contributed by atoms with van der Waals surface area (Å²) in [5.41, 5.74) is 1.73. The van der Waals surface area contributed by atoms with Crippen LogP contribution in [0, 0.1) is 0 Å². The Balaban J connectivity index is 1.71. The molecular formula is C17H20N2OS. The highest BCUT2D eigenvalue weighted by Crippen LogP contribution is 2.26. The lowest BCUT2D eigenvalue weighted by atomic mass is 10.1. The monoisotopic (exact) mass is 300 g/mol. The van der Waals surface area contributed by atoms with Crippen LogP contribution in [0.4, 0.5) is 5.69 Å². The van der Waals surface area contributed by atoms with E-state index in [4.69, 9.17) is 0 Å². The molecule has 0 aliphatic heterocycles. The SMILES string of the molecule is CCC(Nc1cccc(C(=O)NC2CC2)c1)c1cccs1. The van der Waals surface area contributed by atoms with Gasteiger partial charge in [0.2, 0.25) is 0 Å². The number of nitrogens with one attached hydrogen (secondary N) is 2. The maximum Gasteiger partial charge on any atom is 0.251 e. The van der Waals surface area contributed by atoms with Crippen LogP contribution in [-0.4, -0.2) is 11.9 Å². The number of hydrogen-bond acceptors (Lipinski definition) is 3. The van der Waals surface area contributed by atoms with Gasteiger partial charge in [0, 0.05) is 22.2 Å². The Morgan fingerprint density at radius 1 is 1.33 bits per heavy atom. The molecule has 1 saturated carbocycles. The second-order valence-electron chi connectivity index (χ2n) is 5.45. The summed E-state index contributed by atoms with van der Waals surface area (Å²) in [6.45, 7) is 2.17. The van der Waals surface area contributed by atoms with Crippen LogP contribution in [-0.2, 0) is 0 Å². The van der Waals surface area contributed by atoms with E-state index in [1.54, 1.807) is 11.3 Å². The largest absolute Gasteiger partial charge is 0.377 e. The van der Waals surface area contributed by atoms with Crippen molar-refractivity contribution in [2.24, 2.45) is 0 Å². The molecule has 21 heavy (non-hydrogen) atoms. The first-order chi connectivity index (χ1) is 10.3. The molecule has 2 N–H and O–H groups in total. The summed E-state index contributed by atoms with van der Waals surface area (Å²) in [7, 11) is 0. The molecule has 0 bridgehead atoms. The highest BCUT2D eigenvalue weighted by molar-refractivity contribution is 7.10. The Morgan fingerprint density at radius 2 is 2.19 bits per heavy atom. The maximum atomic E-state index is 12.1. The van der Waals surface area contributed by atoms with Gasteiger partial charge in [-0.3, -0.25) is 4.79 Å². The van der Waals surface area contributed by atoms with E-state index in [2.05, 4.69) is 35.1 Å². The van der Waals surface area contributed by atoms with E-state index >= 15 is 0 Å². The van der Waals surface area contributed by atoms with Gasteiger partial charge in [-0.05, 0) is 48.9 Å². The first-order valence-electron chi connectivity index (χ1n) is 7.47. The van der Waals surface area contributed by atoms with E-state index in [1.165, 1.54) is 4.88 Å². The van der Waals surface area contributed by atoms with Crippen LogP contribution in [0.2, 0.25) is 0 Å². The third-order valence-corrected chi connectivity index (χ3v) is 4.66. The Labute approximate surface area is 129 Å². The van der Waals surface area contributed by atoms with Gasteiger partial charge in [-0.25, -0.2) is 0 Å². The third-order valence-electron chi connectivity index (χ3n) is 3.67. The van der Waals surface area contributed by atoms with E-state index in [-0.39, 0.29) is 5.91 Å². The van der Waals surface area contributed by atoms with E-state index in [0.717, 1.165) is 30.5 Å². The highest BCUT2D eigenvalue weighted by Gasteiger charge is 2.23. The summed E-state index contributed by atoms with van der Waals surface area (Å²) in [5, 5.41) is 8.65. The molecule has 1 aliphatic rings. The van der Waals surface area contributed by atoms with Gasteiger partial charge in [0.1, 0.15) is 0 Å². The van der Waals surface area contributed by atoms with Gasteiger partial charge in [0.15, 0.2) is 0 Å². The Bertz CT molecular complexity index is 605. The number of amides is 1. The van der Waals surface area contributed by atoms with Crippen LogP contribution in [0.5, 0.6) is 0 Å². The van der Waals surface area contributed by atoms with Crippen molar-refractivity contribution < 1.29 is 4.79 Å². The average molecular weight is 300 g/mol. The molecule has 3 nitrogen and oxygen atoms in total. The van der Waals surface area contributed by atoms with E-state index in [9.17, 15) is 4.79 Å². The van der Waals surface area contributed by atoms with Gasteiger partial charge in [0.05, 0.1) is 6.04 Å². The number of carbonyl (C=O) groups is 1. The lowest BCUT2D eigenvalue weighted by Gasteiger charge is -2.17. The van der Waals surface area contributed by atoms with E-state index < -0.39 is 0 Å². The van der Waals surface area contributed by atoms with Crippen molar-refractivity contribution in [2.45, 2.75) is 38.3 Å². The molecule has 1 aromatic carbocycles. The first-order valence-corrected chi connectivity index (χ1v) is 8.35. The molecule has 3 rings (SSSR count). The van der Waals surface area contributed by atoms with Crippen LogP contribution < -0.4 is 10.6 Å². The topological polar surface area (TPSA) is 41.1 Å². The number of thiophene rings is 1. The molecule has 1 amide bonds. The third kappa shape index (κ3) is 3.64.